The van der Waals surface area contributed by atoms with Crippen molar-refractivity contribution in [3.05, 3.63) is 29.3 Å². The second-order valence-corrected chi connectivity index (χ2v) is 10.6. The van der Waals surface area contributed by atoms with Gasteiger partial charge in [0.2, 0.25) is 11.8 Å². The maximum absolute atomic E-state index is 12.9. The van der Waals surface area contributed by atoms with Gasteiger partial charge in [0.25, 0.3) is 0 Å². The summed E-state index contributed by atoms with van der Waals surface area (Å²) in [6.45, 7) is 2.30. The van der Waals surface area contributed by atoms with Gasteiger partial charge >= 0.3 is 6.18 Å². The van der Waals surface area contributed by atoms with Crippen LogP contribution in [0.2, 0.25) is 0 Å². The lowest BCUT2D eigenvalue weighted by molar-refractivity contribution is -0.137. The van der Waals surface area contributed by atoms with E-state index in [9.17, 15) is 31.2 Å². The fourth-order valence-electron chi connectivity index (χ4n) is 4.48. The second-order valence-electron chi connectivity index (χ2n) is 8.32. The Morgan fingerprint density at radius 1 is 1.17 bits per heavy atom. The number of amides is 2. The number of nitrogens with zero attached hydrogens (tertiary/aromatic N) is 1. The number of likely N-dealkylation sites (tertiary alicyclic amines) is 1. The van der Waals surface area contributed by atoms with Crippen LogP contribution in [0.5, 0.6) is 0 Å². The molecule has 6 nitrogen and oxygen atoms in total. The molecule has 0 unspecified atom stereocenters. The van der Waals surface area contributed by atoms with E-state index in [1.165, 1.54) is 13.0 Å². The summed E-state index contributed by atoms with van der Waals surface area (Å²) in [4.78, 5) is 26.9. The zero-order valence-electron chi connectivity index (χ0n) is 16.8. The van der Waals surface area contributed by atoms with E-state index in [2.05, 4.69) is 5.32 Å². The van der Waals surface area contributed by atoms with Gasteiger partial charge in [-0.3, -0.25) is 9.59 Å². The first-order valence-electron chi connectivity index (χ1n) is 9.79. The Hall–Kier alpha value is -2.10. The van der Waals surface area contributed by atoms with E-state index >= 15 is 0 Å². The van der Waals surface area contributed by atoms with Crippen LogP contribution in [0, 0.1) is 24.7 Å². The third-order valence-electron chi connectivity index (χ3n) is 5.99. The summed E-state index contributed by atoms with van der Waals surface area (Å²) < 4.78 is 61.1. The molecule has 1 N–H and O–H groups in total. The number of rotatable bonds is 5. The molecule has 2 amide bonds. The summed E-state index contributed by atoms with van der Waals surface area (Å²) in [6, 6.07) is 3.22. The lowest BCUT2D eigenvalue weighted by atomic mass is 9.84. The molecule has 3 rings (SSSR count). The molecule has 0 aromatic heterocycles. The van der Waals surface area contributed by atoms with Crippen LogP contribution in [0.25, 0.3) is 0 Å². The van der Waals surface area contributed by atoms with Gasteiger partial charge in [-0.15, -0.1) is 0 Å². The minimum Gasteiger partial charge on any atom is -0.342 e. The maximum Gasteiger partial charge on any atom is 0.416 e. The molecular formula is C20H25F3N2O4S. The highest BCUT2D eigenvalue weighted by Crippen LogP contribution is 2.43. The van der Waals surface area contributed by atoms with E-state index in [-0.39, 0.29) is 41.7 Å². The van der Waals surface area contributed by atoms with Crippen molar-refractivity contribution in [3.8, 4) is 0 Å². The number of carbonyl (C=O) groups is 2. The number of aryl methyl sites for hydroxylation is 1. The minimum atomic E-state index is -4.44. The summed E-state index contributed by atoms with van der Waals surface area (Å²) in [7, 11) is -3.23. The number of anilines is 1. The van der Waals surface area contributed by atoms with Crippen LogP contribution in [0.15, 0.2) is 18.2 Å². The topological polar surface area (TPSA) is 83.6 Å². The third kappa shape index (κ3) is 5.14. The Labute approximate surface area is 173 Å². The Balaban J connectivity index is 1.64. The molecule has 30 heavy (non-hydrogen) atoms. The van der Waals surface area contributed by atoms with Gasteiger partial charge in [-0.2, -0.15) is 13.2 Å². The average molecular weight is 446 g/mol. The standard InChI is InChI=1S/C20H25F3N2O4S/c1-12-9-15(20(21,22)23)5-6-16(12)24-19(27)18-13-3-4-14(18)11-25(10-13)17(26)7-8-30(2,28)29/h5-6,9,13-14,18H,3-4,7-8,10-11H2,1-2H3,(H,24,27)/t13-,14-/m1/s1. The van der Waals surface area contributed by atoms with Gasteiger partial charge in [0.05, 0.1) is 11.3 Å². The van der Waals surface area contributed by atoms with E-state index in [0.29, 0.717) is 24.3 Å². The lowest BCUT2D eigenvalue weighted by Crippen LogP contribution is -2.48. The molecule has 166 valence electrons. The van der Waals surface area contributed by atoms with Crippen LogP contribution >= 0.6 is 0 Å². The SMILES string of the molecule is Cc1cc(C(F)(F)F)ccc1NC(=O)C1[C@@H]2CC[C@@H]1CN(C(=O)CCS(C)(=O)=O)C2. The molecule has 1 saturated carbocycles. The molecular weight excluding hydrogens is 421 g/mol. The highest BCUT2D eigenvalue weighted by atomic mass is 32.2. The van der Waals surface area contributed by atoms with E-state index in [1.54, 1.807) is 4.90 Å². The molecule has 1 aliphatic heterocycles. The van der Waals surface area contributed by atoms with Crippen molar-refractivity contribution < 1.29 is 31.2 Å². The van der Waals surface area contributed by atoms with Gasteiger partial charge in [0.1, 0.15) is 9.84 Å². The van der Waals surface area contributed by atoms with Gasteiger partial charge in [0.15, 0.2) is 0 Å². The number of fused-ring (bicyclic) bond motifs is 2. The number of piperidine rings is 1. The van der Waals surface area contributed by atoms with Crippen molar-refractivity contribution >= 4 is 27.3 Å². The van der Waals surface area contributed by atoms with Gasteiger partial charge in [-0.25, -0.2) is 8.42 Å². The fourth-order valence-corrected chi connectivity index (χ4v) is 5.03. The van der Waals surface area contributed by atoms with Gasteiger partial charge in [-0.1, -0.05) is 0 Å². The molecule has 1 aliphatic carbocycles. The molecule has 0 spiro atoms. The van der Waals surface area contributed by atoms with Crippen molar-refractivity contribution in [3.63, 3.8) is 0 Å². The minimum absolute atomic E-state index is 0.0410. The molecule has 2 fully saturated rings. The molecule has 10 heteroatoms. The average Bonchev–Trinajstić information content (AvgIpc) is 2.89. The Kier molecular flexibility index (Phi) is 6.18. The quantitative estimate of drug-likeness (QED) is 0.754. The van der Waals surface area contributed by atoms with E-state index in [0.717, 1.165) is 31.2 Å². The number of halogens is 3. The predicted octanol–water partition coefficient (Wildman–Crippen LogP) is 2.87. The normalized spacial score (nSPS) is 24.0. The smallest absolute Gasteiger partial charge is 0.342 e. The molecule has 1 aromatic carbocycles. The molecule has 2 bridgehead atoms. The summed E-state index contributed by atoms with van der Waals surface area (Å²) in [6.07, 6.45) is -1.86. The molecule has 1 saturated heterocycles. The molecule has 2 atom stereocenters. The monoisotopic (exact) mass is 446 g/mol. The Morgan fingerprint density at radius 2 is 1.77 bits per heavy atom. The van der Waals surface area contributed by atoms with Crippen LogP contribution in [0.3, 0.4) is 0 Å². The number of carbonyl (C=O) groups excluding carboxylic acids is 2. The molecule has 1 heterocycles. The van der Waals surface area contributed by atoms with E-state index in [4.69, 9.17) is 0 Å². The van der Waals surface area contributed by atoms with Crippen molar-refractivity contribution in [1.82, 2.24) is 4.90 Å². The fraction of sp³-hybridized carbons (Fsp3) is 0.600. The highest BCUT2D eigenvalue weighted by molar-refractivity contribution is 7.90. The van der Waals surface area contributed by atoms with E-state index in [1.807, 2.05) is 0 Å². The van der Waals surface area contributed by atoms with Crippen LogP contribution in [-0.2, 0) is 25.6 Å². The van der Waals surface area contributed by atoms with Crippen molar-refractivity contribution in [2.45, 2.75) is 32.4 Å². The van der Waals surface area contributed by atoms with Gasteiger partial charge < -0.3 is 10.2 Å². The molecule has 1 aromatic rings. The van der Waals surface area contributed by atoms with Crippen LogP contribution < -0.4 is 5.32 Å². The number of alkyl halides is 3. The number of benzene rings is 1. The predicted molar refractivity (Wildman–Crippen MR) is 105 cm³/mol. The molecule has 0 radical (unpaired) electrons. The summed E-state index contributed by atoms with van der Waals surface area (Å²) in [5.74, 6) is -1.07. The van der Waals surface area contributed by atoms with Crippen molar-refractivity contribution in [1.29, 1.82) is 0 Å². The third-order valence-corrected chi connectivity index (χ3v) is 6.93. The maximum atomic E-state index is 12.9. The Morgan fingerprint density at radius 3 is 2.27 bits per heavy atom. The van der Waals surface area contributed by atoms with Gasteiger partial charge in [-0.05, 0) is 55.4 Å². The van der Waals surface area contributed by atoms with Crippen LogP contribution in [0.4, 0.5) is 18.9 Å². The lowest BCUT2D eigenvalue weighted by Gasteiger charge is -2.37. The first-order chi connectivity index (χ1) is 13.8. The summed E-state index contributed by atoms with van der Waals surface area (Å²) in [5.41, 5.74) is -0.0862. The van der Waals surface area contributed by atoms with Crippen molar-refractivity contribution in [2.75, 3.05) is 30.4 Å². The number of nitrogens with one attached hydrogen (secondary N) is 1. The summed E-state index contributed by atoms with van der Waals surface area (Å²) in [5, 5.41) is 2.76. The van der Waals surface area contributed by atoms with Crippen LogP contribution in [-0.4, -0.2) is 50.2 Å². The van der Waals surface area contributed by atoms with Crippen molar-refractivity contribution in [2.24, 2.45) is 17.8 Å². The number of hydrogen-bond acceptors (Lipinski definition) is 4. The first-order valence-corrected chi connectivity index (χ1v) is 11.9. The van der Waals surface area contributed by atoms with Crippen LogP contribution in [0.1, 0.15) is 30.4 Å². The largest absolute Gasteiger partial charge is 0.416 e. The zero-order valence-corrected chi connectivity index (χ0v) is 17.6. The van der Waals surface area contributed by atoms with Gasteiger partial charge in [0, 0.05) is 37.4 Å². The zero-order chi connectivity index (χ0) is 22.3. The number of sulfone groups is 1. The number of hydrogen-bond donors (Lipinski definition) is 1. The second kappa shape index (κ2) is 8.20. The van der Waals surface area contributed by atoms with E-state index < -0.39 is 21.6 Å². The Bertz CT molecular complexity index is 932. The first kappa shape index (κ1) is 22.6. The highest BCUT2D eigenvalue weighted by Gasteiger charge is 2.46. The molecule has 2 aliphatic rings. The summed E-state index contributed by atoms with van der Waals surface area (Å²) >= 11 is 0.